The highest BCUT2D eigenvalue weighted by Crippen LogP contribution is 2.26. The van der Waals surface area contributed by atoms with Crippen LogP contribution in [0.15, 0.2) is 0 Å². The van der Waals surface area contributed by atoms with Crippen LogP contribution >= 0.6 is 11.6 Å². The van der Waals surface area contributed by atoms with Crippen LogP contribution < -0.4 is 5.73 Å². The van der Waals surface area contributed by atoms with Crippen molar-refractivity contribution >= 4 is 11.6 Å². The van der Waals surface area contributed by atoms with Gasteiger partial charge in [-0.1, -0.05) is 18.0 Å². The van der Waals surface area contributed by atoms with Crippen LogP contribution in [0.3, 0.4) is 0 Å². The van der Waals surface area contributed by atoms with Gasteiger partial charge >= 0.3 is 0 Å². The monoisotopic (exact) mass is 229 g/mol. The summed E-state index contributed by atoms with van der Waals surface area (Å²) in [7, 11) is 0. The van der Waals surface area contributed by atoms with E-state index in [-0.39, 0.29) is 6.61 Å². The minimum atomic E-state index is -0.461. The third-order valence-corrected chi connectivity index (χ3v) is 3.24. The Labute approximate surface area is 94.1 Å². The van der Waals surface area contributed by atoms with Crippen molar-refractivity contribution in [3.63, 3.8) is 0 Å². The van der Waals surface area contributed by atoms with E-state index in [4.69, 9.17) is 22.4 Å². The SMILES string of the molecule is NC(CO)c1nc2n(c1Cl)CCCCC2. The van der Waals surface area contributed by atoms with Crippen molar-refractivity contribution in [1.82, 2.24) is 9.55 Å². The van der Waals surface area contributed by atoms with E-state index in [1.807, 2.05) is 4.57 Å². The van der Waals surface area contributed by atoms with Gasteiger partial charge in [0.25, 0.3) is 0 Å². The quantitative estimate of drug-likeness (QED) is 0.803. The molecule has 0 aromatic carbocycles. The summed E-state index contributed by atoms with van der Waals surface area (Å²) in [5, 5.41) is 9.60. The number of aliphatic hydroxyl groups excluding tert-OH is 1. The summed E-state index contributed by atoms with van der Waals surface area (Å²) < 4.78 is 2.03. The van der Waals surface area contributed by atoms with Gasteiger partial charge < -0.3 is 15.4 Å². The Kier molecular flexibility index (Phi) is 3.29. The van der Waals surface area contributed by atoms with Crippen molar-refractivity contribution < 1.29 is 5.11 Å². The third kappa shape index (κ3) is 2.02. The normalized spacial score (nSPS) is 18.3. The van der Waals surface area contributed by atoms with Crippen LogP contribution in [0.2, 0.25) is 5.15 Å². The number of aromatic nitrogens is 2. The van der Waals surface area contributed by atoms with Crippen molar-refractivity contribution in [3.05, 3.63) is 16.7 Å². The van der Waals surface area contributed by atoms with Gasteiger partial charge in [0.15, 0.2) is 0 Å². The molecule has 0 saturated heterocycles. The Balaban J connectivity index is 2.35. The van der Waals surface area contributed by atoms with E-state index < -0.39 is 6.04 Å². The number of aryl methyl sites for hydroxylation is 1. The van der Waals surface area contributed by atoms with Gasteiger partial charge in [-0.2, -0.15) is 0 Å². The van der Waals surface area contributed by atoms with Crippen molar-refractivity contribution in [3.8, 4) is 0 Å². The highest BCUT2D eigenvalue weighted by molar-refractivity contribution is 6.30. The van der Waals surface area contributed by atoms with Gasteiger partial charge in [0.1, 0.15) is 11.0 Å². The summed E-state index contributed by atoms with van der Waals surface area (Å²) in [6, 6.07) is -0.461. The molecule has 0 spiro atoms. The van der Waals surface area contributed by atoms with Crippen molar-refractivity contribution in [2.45, 2.75) is 38.3 Å². The summed E-state index contributed by atoms with van der Waals surface area (Å²) in [5.41, 5.74) is 6.37. The minimum absolute atomic E-state index is 0.115. The van der Waals surface area contributed by atoms with Crippen molar-refractivity contribution in [2.24, 2.45) is 5.73 Å². The molecule has 0 aliphatic carbocycles. The van der Waals surface area contributed by atoms with E-state index in [1.165, 1.54) is 6.42 Å². The molecular weight excluding hydrogens is 214 g/mol. The summed E-state index contributed by atoms with van der Waals surface area (Å²) in [4.78, 5) is 4.43. The van der Waals surface area contributed by atoms with Crippen LogP contribution in [0.5, 0.6) is 0 Å². The number of imidazole rings is 1. The van der Waals surface area contributed by atoms with Gasteiger partial charge in [0.05, 0.1) is 18.3 Å². The number of nitrogens with two attached hydrogens (primary N) is 1. The average Bonchev–Trinajstić information content (AvgIpc) is 2.44. The maximum absolute atomic E-state index is 9.00. The maximum atomic E-state index is 9.00. The first kappa shape index (κ1) is 10.9. The van der Waals surface area contributed by atoms with Crippen LogP contribution in [0.4, 0.5) is 0 Å². The smallest absolute Gasteiger partial charge is 0.133 e. The fourth-order valence-electron chi connectivity index (χ4n) is 1.97. The molecule has 1 unspecified atom stereocenters. The second-order valence-corrected chi connectivity index (χ2v) is 4.31. The maximum Gasteiger partial charge on any atom is 0.133 e. The molecule has 0 bridgehead atoms. The predicted octanol–water partition coefficient (Wildman–Crippen LogP) is 1.26. The number of aliphatic hydroxyl groups is 1. The summed E-state index contributed by atoms with van der Waals surface area (Å²) in [6.07, 6.45) is 4.47. The van der Waals surface area contributed by atoms with Crippen LogP contribution in [-0.4, -0.2) is 21.3 Å². The first-order valence-electron chi connectivity index (χ1n) is 5.35. The van der Waals surface area contributed by atoms with E-state index in [0.29, 0.717) is 10.8 Å². The van der Waals surface area contributed by atoms with Crippen LogP contribution in [-0.2, 0) is 13.0 Å². The lowest BCUT2D eigenvalue weighted by molar-refractivity contribution is 0.266. The first-order valence-corrected chi connectivity index (χ1v) is 5.73. The molecule has 15 heavy (non-hydrogen) atoms. The highest BCUT2D eigenvalue weighted by Gasteiger charge is 2.20. The van der Waals surface area contributed by atoms with Gasteiger partial charge in [0, 0.05) is 13.0 Å². The Bertz CT molecular complexity index is 351. The molecule has 3 N–H and O–H groups in total. The largest absolute Gasteiger partial charge is 0.394 e. The second kappa shape index (κ2) is 4.51. The lowest BCUT2D eigenvalue weighted by Crippen LogP contribution is -2.15. The molecule has 0 radical (unpaired) electrons. The number of hydrogen-bond donors (Lipinski definition) is 2. The summed E-state index contributed by atoms with van der Waals surface area (Å²) in [5.74, 6) is 1.01. The van der Waals surface area contributed by atoms with Crippen LogP contribution in [0, 0.1) is 0 Å². The Morgan fingerprint density at radius 3 is 3.00 bits per heavy atom. The Hall–Kier alpha value is -0.580. The highest BCUT2D eigenvalue weighted by atomic mass is 35.5. The first-order chi connectivity index (χ1) is 7.24. The Morgan fingerprint density at radius 2 is 2.27 bits per heavy atom. The van der Waals surface area contributed by atoms with Crippen LogP contribution in [0.1, 0.15) is 36.8 Å². The molecule has 1 atom stereocenters. The molecule has 1 aromatic rings. The molecule has 1 aromatic heterocycles. The molecule has 1 aliphatic rings. The lowest BCUT2D eigenvalue weighted by Gasteiger charge is -2.06. The predicted molar refractivity (Wildman–Crippen MR) is 58.8 cm³/mol. The molecular formula is C10H16ClN3O. The molecule has 0 amide bonds. The molecule has 84 valence electrons. The van der Waals surface area contributed by atoms with Gasteiger partial charge in [0.2, 0.25) is 0 Å². The van der Waals surface area contributed by atoms with E-state index in [9.17, 15) is 0 Å². The zero-order valence-electron chi connectivity index (χ0n) is 8.62. The number of hydrogen-bond acceptors (Lipinski definition) is 3. The lowest BCUT2D eigenvalue weighted by atomic mass is 10.2. The molecule has 1 aliphatic heterocycles. The zero-order chi connectivity index (χ0) is 10.8. The third-order valence-electron chi connectivity index (χ3n) is 2.84. The fourth-order valence-corrected chi connectivity index (χ4v) is 2.33. The molecule has 0 fully saturated rings. The van der Waals surface area contributed by atoms with Gasteiger partial charge in [-0.25, -0.2) is 4.98 Å². The average molecular weight is 230 g/mol. The molecule has 4 nitrogen and oxygen atoms in total. The number of fused-ring (bicyclic) bond motifs is 1. The zero-order valence-corrected chi connectivity index (χ0v) is 9.37. The van der Waals surface area contributed by atoms with Crippen molar-refractivity contribution in [1.29, 1.82) is 0 Å². The number of rotatable bonds is 2. The van der Waals surface area contributed by atoms with E-state index in [1.54, 1.807) is 0 Å². The topological polar surface area (TPSA) is 64.1 Å². The standard InChI is InChI=1S/C10H16ClN3O/c11-10-9(7(12)6-15)13-8-4-2-1-3-5-14(8)10/h7,15H,1-6,12H2. The van der Waals surface area contributed by atoms with Crippen LogP contribution in [0.25, 0.3) is 0 Å². The van der Waals surface area contributed by atoms with E-state index >= 15 is 0 Å². The summed E-state index contributed by atoms with van der Waals surface area (Å²) in [6.45, 7) is 0.801. The summed E-state index contributed by atoms with van der Waals surface area (Å²) >= 11 is 6.20. The molecule has 5 heteroatoms. The van der Waals surface area contributed by atoms with Gasteiger partial charge in [-0.15, -0.1) is 0 Å². The van der Waals surface area contributed by atoms with Gasteiger partial charge in [-0.05, 0) is 12.8 Å². The molecule has 0 saturated carbocycles. The molecule has 2 heterocycles. The minimum Gasteiger partial charge on any atom is -0.394 e. The molecule has 2 rings (SSSR count). The van der Waals surface area contributed by atoms with E-state index in [2.05, 4.69) is 4.98 Å². The Morgan fingerprint density at radius 1 is 1.47 bits per heavy atom. The second-order valence-electron chi connectivity index (χ2n) is 3.96. The number of nitrogens with zero attached hydrogens (tertiary/aromatic N) is 2. The van der Waals surface area contributed by atoms with Crippen molar-refractivity contribution in [2.75, 3.05) is 6.61 Å². The van der Waals surface area contributed by atoms with Gasteiger partial charge in [-0.3, -0.25) is 0 Å². The fraction of sp³-hybridized carbons (Fsp3) is 0.700. The number of halogens is 1. The van der Waals surface area contributed by atoms with E-state index in [0.717, 1.165) is 31.6 Å².